The van der Waals surface area contributed by atoms with Gasteiger partial charge >= 0.3 is 5.97 Å². The second kappa shape index (κ2) is 6.63. The third-order valence-corrected chi connectivity index (χ3v) is 3.15. The third kappa shape index (κ3) is 4.29. The zero-order chi connectivity index (χ0) is 13.7. The van der Waals surface area contributed by atoms with E-state index in [4.69, 9.17) is 14.4 Å². The molecule has 0 aromatic carbocycles. The van der Waals surface area contributed by atoms with E-state index in [1.807, 2.05) is 6.92 Å². The summed E-state index contributed by atoms with van der Waals surface area (Å²) in [6, 6.07) is 0. The minimum absolute atomic E-state index is 0.0452. The molecule has 0 amide bonds. The normalized spacial score (nSPS) is 17.7. The molecule has 0 saturated carbocycles. The molecule has 0 spiro atoms. The quantitative estimate of drug-likeness (QED) is 0.813. The lowest BCUT2D eigenvalue weighted by atomic mass is 10.1. The van der Waals surface area contributed by atoms with Crippen molar-refractivity contribution < 1.29 is 19.2 Å². The van der Waals surface area contributed by atoms with Crippen molar-refractivity contribution in [2.24, 2.45) is 0 Å². The molecule has 106 valence electrons. The summed E-state index contributed by atoms with van der Waals surface area (Å²) in [5.41, 5.74) is 0. The molecule has 1 aliphatic heterocycles. The number of hydrogen-bond donors (Lipinski definition) is 1. The van der Waals surface area contributed by atoms with Crippen LogP contribution >= 0.6 is 0 Å². The summed E-state index contributed by atoms with van der Waals surface area (Å²) >= 11 is 0. The van der Waals surface area contributed by atoms with Gasteiger partial charge in [0.15, 0.2) is 5.82 Å². The van der Waals surface area contributed by atoms with Crippen LogP contribution in [-0.2, 0) is 22.5 Å². The fourth-order valence-electron chi connectivity index (χ4n) is 2.12. The Kier molecular flexibility index (Phi) is 4.86. The highest BCUT2D eigenvalue weighted by atomic mass is 16.5. The first-order chi connectivity index (χ1) is 9.17. The first-order valence-electron chi connectivity index (χ1n) is 6.54. The molecule has 1 saturated heterocycles. The summed E-state index contributed by atoms with van der Waals surface area (Å²) in [7, 11) is 0. The highest BCUT2D eigenvalue weighted by molar-refractivity contribution is 5.68. The first-order valence-corrected chi connectivity index (χ1v) is 6.54. The number of carbonyl (C=O) groups is 1. The molecule has 1 aromatic heterocycles. The van der Waals surface area contributed by atoms with Crippen LogP contribution in [0.3, 0.4) is 0 Å². The van der Waals surface area contributed by atoms with Gasteiger partial charge in [-0.15, -0.1) is 0 Å². The van der Waals surface area contributed by atoms with Crippen molar-refractivity contribution in [2.45, 2.75) is 38.8 Å². The van der Waals surface area contributed by atoms with E-state index in [-0.39, 0.29) is 12.7 Å². The molecule has 0 unspecified atom stereocenters. The van der Waals surface area contributed by atoms with Gasteiger partial charge in [0.05, 0.1) is 12.6 Å². The van der Waals surface area contributed by atoms with Crippen LogP contribution < -0.4 is 0 Å². The van der Waals surface area contributed by atoms with Gasteiger partial charge in [-0.25, -0.2) is 4.79 Å². The van der Waals surface area contributed by atoms with Crippen molar-refractivity contribution >= 4 is 5.97 Å². The lowest BCUT2D eigenvalue weighted by Gasteiger charge is -2.30. The Hall–Kier alpha value is -1.47. The van der Waals surface area contributed by atoms with Gasteiger partial charge in [-0.05, 0) is 12.8 Å². The largest absolute Gasteiger partial charge is 0.480 e. The fourth-order valence-corrected chi connectivity index (χ4v) is 2.12. The van der Waals surface area contributed by atoms with Gasteiger partial charge in [-0.1, -0.05) is 12.1 Å². The summed E-state index contributed by atoms with van der Waals surface area (Å²) in [6.45, 7) is 4.16. The van der Waals surface area contributed by atoms with Crippen molar-refractivity contribution in [1.29, 1.82) is 0 Å². The topological polar surface area (TPSA) is 88.7 Å². The summed E-state index contributed by atoms with van der Waals surface area (Å²) in [6.07, 6.45) is 2.47. The van der Waals surface area contributed by atoms with Crippen LogP contribution in [0.15, 0.2) is 4.52 Å². The Morgan fingerprint density at radius 1 is 1.53 bits per heavy atom. The van der Waals surface area contributed by atoms with E-state index in [1.54, 1.807) is 0 Å². The number of hydrogen-bond acceptors (Lipinski definition) is 6. The van der Waals surface area contributed by atoms with Gasteiger partial charge in [0.25, 0.3) is 0 Å². The zero-order valence-electron chi connectivity index (χ0n) is 11.0. The molecule has 1 N–H and O–H groups in total. The molecule has 7 nitrogen and oxygen atoms in total. The summed E-state index contributed by atoms with van der Waals surface area (Å²) < 4.78 is 10.4. The molecule has 2 rings (SSSR count). The maximum absolute atomic E-state index is 10.4. The molecule has 0 aliphatic carbocycles. The Balaban J connectivity index is 1.72. The van der Waals surface area contributed by atoms with Crippen molar-refractivity contribution in [1.82, 2.24) is 15.0 Å². The monoisotopic (exact) mass is 269 g/mol. The molecular weight excluding hydrogens is 250 g/mol. The van der Waals surface area contributed by atoms with Gasteiger partial charge in [0, 0.05) is 19.5 Å². The number of rotatable bonds is 6. The van der Waals surface area contributed by atoms with E-state index >= 15 is 0 Å². The van der Waals surface area contributed by atoms with Gasteiger partial charge in [-0.3, -0.25) is 4.90 Å². The number of aryl methyl sites for hydroxylation is 1. The predicted octanol–water partition coefficient (Wildman–Crippen LogP) is 0.698. The smallest absolute Gasteiger partial charge is 0.329 e. The number of aliphatic carboxylic acids is 1. The van der Waals surface area contributed by atoms with Gasteiger partial charge in [0.2, 0.25) is 5.89 Å². The predicted molar refractivity (Wildman–Crippen MR) is 65.6 cm³/mol. The van der Waals surface area contributed by atoms with E-state index in [2.05, 4.69) is 15.0 Å². The molecular formula is C12H19N3O4. The van der Waals surface area contributed by atoms with E-state index in [9.17, 15) is 4.79 Å². The number of likely N-dealkylation sites (tertiary alicyclic amines) is 1. The second-order valence-corrected chi connectivity index (χ2v) is 4.64. The average Bonchev–Trinajstić information content (AvgIpc) is 2.85. The third-order valence-electron chi connectivity index (χ3n) is 3.15. The van der Waals surface area contributed by atoms with Crippen LogP contribution in [0.25, 0.3) is 0 Å². The van der Waals surface area contributed by atoms with Crippen molar-refractivity contribution in [3.63, 3.8) is 0 Å². The fraction of sp³-hybridized carbons (Fsp3) is 0.750. The van der Waals surface area contributed by atoms with E-state index in [0.29, 0.717) is 18.3 Å². The lowest BCUT2D eigenvalue weighted by Crippen LogP contribution is -2.37. The van der Waals surface area contributed by atoms with Crippen LogP contribution in [-0.4, -0.2) is 51.9 Å². The maximum atomic E-state index is 10.4. The van der Waals surface area contributed by atoms with Crippen molar-refractivity contribution in [3.05, 3.63) is 11.7 Å². The lowest BCUT2D eigenvalue weighted by molar-refractivity contribution is -0.145. The number of aromatic nitrogens is 2. The average molecular weight is 269 g/mol. The Morgan fingerprint density at radius 3 is 2.84 bits per heavy atom. The molecule has 2 heterocycles. The minimum atomic E-state index is -0.915. The highest BCUT2D eigenvalue weighted by Crippen LogP contribution is 2.15. The molecule has 7 heteroatoms. The molecule has 0 atom stereocenters. The van der Waals surface area contributed by atoms with Crippen LogP contribution in [0.5, 0.6) is 0 Å². The van der Waals surface area contributed by atoms with Gasteiger partial charge < -0.3 is 14.4 Å². The van der Waals surface area contributed by atoms with E-state index < -0.39 is 5.97 Å². The standard InChI is InChI=1S/C12H19N3O4/c1-2-11-13-10(14-19-11)7-15-5-3-9(4-6-15)18-8-12(16)17/h9H,2-8H2,1H3,(H,16,17). The number of piperidine rings is 1. The summed E-state index contributed by atoms with van der Waals surface area (Å²) in [5.74, 6) is 0.456. The van der Waals surface area contributed by atoms with Crippen molar-refractivity contribution in [3.8, 4) is 0 Å². The molecule has 1 aliphatic rings. The van der Waals surface area contributed by atoms with E-state index in [1.165, 1.54) is 0 Å². The zero-order valence-corrected chi connectivity index (χ0v) is 11.0. The SMILES string of the molecule is CCc1nc(CN2CCC(OCC(=O)O)CC2)no1. The molecule has 1 aromatic rings. The molecule has 0 radical (unpaired) electrons. The van der Waals surface area contributed by atoms with Gasteiger partial charge in [-0.2, -0.15) is 4.98 Å². The van der Waals surface area contributed by atoms with Crippen molar-refractivity contribution in [2.75, 3.05) is 19.7 Å². The Labute approximate surface area is 111 Å². The minimum Gasteiger partial charge on any atom is -0.480 e. The number of carboxylic acid groups (broad SMARTS) is 1. The molecule has 19 heavy (non-hydrogen) atoms. The maximum Gasteiger partial charge on any atom is 0.329 e. The Morgan fingerprint density at radius 2 is 2.26 bits per heavy atom. The summed E-state index contributed by atoms with van der Waals surface area (Å²) in [4.78, 5) is 16.9. The molecule has 0 bridgehead atoms. The van der Waals surface area contributed by atoms with E-state index in [0.717, 1.165) is 32.4 Å². The van der Waals surface area contributed by atoms with Crippen LogP contribution in [0.1, 0.15) is 31.5 Å². The van der Waals surface area contributed by atoms with Gasteiger partial charge in [0.1, 0.15) is 6.61 Å². The second-order valence-electron chi connectivity index (χ2n) is 4.64. The number of ether oxygens (including phenoxy) is 1. The Bertz CT molecular complexity index is 413. The summed E-state index contributed by atoms with van der Waals surface area (Å²) in [5, 5.41) is 12.5. The van der Waals surface area contributed by atoms with Crippen LogP contribution in [0.4, 0.5) is 0 Å². The van der Waals surface area contributed by atoms with Crippen LogP contribution in [0.2, 0.25) is 0 Å². The molecule has 1 fully saturated rings. The van der Waals surface area contributed by atoms with Crippen LogP contribution in [0, 0.1) is 0 Å². The number of nitrogens with zero attached hydrogens (tertiary/aromatic N) is 3. The number of carboxylic acids is 1. The highest BCUT2D eigenvalue weighted by Gasteiger charge is 2.21. The first kappa shape index (κ1) is 14.0.